The zero-order valence-electron chi connectivity index (χ0n) is 12.1. The maximum Gasteiger partial charge on any atom is 0.343 e. The fraction of sp³-hybridized carbons (Fsp3) is 0.312. The van der Waals surface area contributed by atoms with Gasteiger partial charge in [-0.1, -0.05) is 12.7 Å². The van der Waals surface area contributed by atoms with Crippen molar-refractivity contribution < 1.29 is 13.9 Å². The van der Waals surface area contributed by atoms with Gasteiger partial charge in [0.25, 0.3) is 0 Å². The van der Waals surface area contributed by atoms with E-state index in [1.807, 2.05) is 0 Å². The van der Waals surface area contributed by atoms with Gasteiger partial charge in [0.1, 0.15) is 11.1 Å². The zero-order valence-corrected chi connectivity index (χ0v) is 12.1. The predicted octanol–water partition coefficient (Wildman–Crippen LogP) is 2.69. The maximum absolute atomic E-state index is 14.0. The topological polar surface area (TPSA) is 61.2 Å². The molecule has 1 aliphatic rings. The molecule has 0 N–H and O–H groups in total. The minimum absolute atomic E-state index is 0.0637. The summed E-state index contributed by atoms with van der Waals surface area (Å²) in [5, 5.41) is 0. The number of hydrogen-bond acceptors (Lipinski definition) is 4. The summed E-state index contributed by atoms with van der Waals surface area (Å²) in [5.41, 5.74) is 0.0533. The van der Waals surface area contributed by atoms with Gasteiger partial charge in [0.2, 0.25) is 5.43 Å². The van der Waals surface area contributed by atoms with Crippen molar-refractivity contribution in [3.05, 3.63) is 46.1 Å². The highest BCUT2D eigenvalue weighted by atomic mass is 19.1. The van der Waals surface area contributed by atoms with E-state index in [9.17, 15) is 14.0 Å². The van der Waals surface area contributed by atoms with Crippen molar-refractivity contribution in [2.75, 3.05) is 6.61 Å². The molecule has 5 nitrogen and oxygen atoms in total. The lowest BCUT2D eigenvalue weighted by Crippen LogP contribution is -2.22. The van der Waals surface area contributed by atoms with Crippen LogP contribution in [0, 0.1) is 5.82 Å². The SMILES string of the molecule is C=Cc1c(F)cnc2c(=O)c(C(=O)OCC)cn(C3CC3)c12. The molecule has 2 aromatic rings. The fourth-order valence-electron chi connectivity index (χ4n) is 2.50. The highest BCUT2D eigenvalue weighted by molar-refractivity contribution is 5.94. The van der Waals surface area contributed by atoms with E-state index < -0.39 is 17.2 Å². The normalized spacial score (nSPS) is 14.1. The number of fused-ring (bicyclic) bond motifs is 1. The molecule has 0 bridgehead atoms. The largest absolute Gasteiger partial charge is 0.462 e. The summed E-state index contributed by atoms with van der Waals surface area (Å²) < 4.78 is 20.6. The molecule has 1 aliphatic carbocycles. The first-order valence-electron chi connectivity index (χ1n) is 7.11. The lowest BCUT2D eigenvalue weighted by atomic mass is 10.1. The monoisotopic (exact) mass is 302 g/mol. The van der Waals surface area contributed by atoms with Gasteiger partial charge in [0.05, 0.1) is 18.3 Å². The van der Waals surface area contributed by atoms with Gasteiger partial charge >= 0.3 is 5.97 Å². The lowest BCUT2D eigenvalue weighted by molar-refractivity contribution is 0.0524. The third-order valence-electron chi connectivity index (χ3n) is 3.67. The third-order valence-corrected chi connectivity index (χ3v) is 3.67. The van der Waals surface area contributed by atoms with Gasteiger partial charge in [0.15, 0.2) is 5.82 Å². The first kappa shape index (κ1) is 14.4. The number of ether oxygens (including phenoxy) is 1. The average Bonchev–Trinajstić information content (AvgIpc) is 3.32. The Hall–Kier alpha value is -2.50. The Kier molecular flexibility index (Phi) is 3.52. The van der Waals surface area contributed by atoms with Crippen LogP contribution in [0.4, 0.5) is 4.39 Å². The van der Waals surface area contributed by atoms with Crippen molar-refractivity contribution in [3.8, 4) is 0 Å². The van der Waals surface area contributed by atoms with Gasteiger partial charge in [-0.25, -0.2) is 14.2 Å². The number of hydrogen-bond donors (Lipinski definition) is 0. The lowest BCUT2D eigenvalue weighted by Gasteiger charge is -2.14. The van der Waals surface area contributed by atoms with E-state index >= 15 is 0 Å². The molecular weight excluding hydrogens is 287 g/mol. The molecule has 0 aliphatic heterocycles. The molecule has 22 heavy (non-hydrogen) atoms. The van der Waals surface area contributed by atoms with Crippen molar-refractivity contribution in [3.63, 3.8) is 0 Å². The maximum atomic E-state index is 14.0. The molecule has 0 atom stereocenters. The molecule has 1 fully saturated rings. The summed E-state index contributed by atoms with van der Waals surface area (Å²) >= 11 is 0. The van der Waals surface area contributed by atoms with Crippen molar-refractivity contribution in [2.45, 2.75) is 25.8 Å². The molecule has 0 spiro atoms. The minimum Gasteiger partial charge on any atom is -0.462 e. The molecule has 0 radical (unpaired) electrons. The zero-order chi connectivity index (χ0) is 15.9. The Morgan fingerprint density at radius 1 is 1.59 bits per heavy atom. The van der Waals surface area contributed by atoms with E-state index in [4.69, 9.17) is 4.74 Å². The highest BCUT2D eigenvalue weighted by Gasteiger charge is 2.29. The molecule has 1 saturated carbocycles. The van der Waals surface area contributed by atoms with Gasteiger partial charge in [-0.3, -0.25) is 4.79 Å². The van der Waals surface area contributed by atoms with Crippen LogP contribution >= 0.6 is 0 Å². The molecule has 2 heterocycles. The Labute approximate surface area is 126 Å². The molecule has 0 amide bonds. The van der Waals surface area contributed by atoms with Crippen LogP contribution in [0.15, 0.2) is 23.8 Å². The molecule has 2 aromatic heterocycles. The van der Waals surface area contributed by atoms with Crippen molar-refractivity contribution in [1.82, 2.24) is 9.55 Å². The summed E-state index contributed by atoms with van der Waals surface area (Å²) in [6, 6.07) is 0.138. The predicted molar refractivity (Wildman–Crippen MR) is 80.3 cm³/mol. The van der Waals surface area contributed by atoms with E-state index in [0.29, 0.717) is 5.52 Å². The minimum atomic E-state index is -0.685. The first-order valence-corrected chi connectivity index (χ1v) is 7.11. The van der Waals surface area contributed by atoms with E-state index in [0.717, 1.165) is 19.0 Å². The van der Waals surface area contributed by atoms with Crippen molar-refractivity contribution in [2.24, 2.45) is 0 Å². The van der Waals surface area contributed by atoms with Crippen LogP contribution in [0.1, 0.15) is 41.7 Å². The summed E-state index contributed by atoms with van der Waals surface area (Å²) in [5.74, 6) is -1.23. The van der Waals surface area contributed by atoms with Gasteiger partial charge in [-0.2, -0.15) is 0 Å². The van der Waals surface area contributed by atoms with Gasteiger partial charge in [0, 0.05) is 17.8 Å². The van der Waals surface area contributed by atoms with Crippen LogP contribution in [0.5, 0.6) is 0 Å². The first-order chi connectivity index (χ1) is 10.6. The van der Waals surface area contributed by atoms with Gasteiger partial charge < -0.3 is 9.30 Å². The molecule has 0 aromatic carbocycles. The molecule has 0 unspecified atom stereocenters. The summed E-state index contributed by atoms with van der Waals surface area (Å²) in [6.07, 6.45) is 5.61. The third kappa shape index (κ3) is 2.20. The molecule has 6 heteroatoms. The second-order valence-corrected chi connectivity index (χ2v) is 5.15. The van der Waals surface area contributed by atoms with Crippen LogP contribution in [0.2, 0.25) is 0 Å². The van der Waals surface area contributed by atoms with E-state index in [1.165, 1.54) is 12.3 Å². The highest BCUT2D eigenvalue weighted by Crippen LogP contribution is 2.37. The number of aromatic nitrogens is 2. The number of nitrogens with zero attached hydrogens (tertiary/aromatic N) is 2. The smallest absolute Gasteiger partial charge is 0.343 e. The van der Waals surface area contributed by atoms with Crippen LogP contribution in [-0.4, -0.2) is 22.1 Å². The van der Waals surface area contributed by atoms with Gasteiger partial charge in [-0.05, 0) is 19.8 Å². The van der Waals surface area contributed by atoms with Crippen LogP contribution in [-0.2, 0) is 4.74 Å². The Bertz CT molecular complexity index is 837. The van der Waals surface area contributed by atoms with Crippen molar-refractivity contribution in [1.29, 1.82) is 0 Å². The number of halogens is 1. The standard InChI is InChI=1S/C16H15FN2O3/c1-3-10-12(17)7-18-13-14(10)19(9-5-6-9)8-11(15(13)20)16(21)22-4-2/h3,7-9H,1,4-6H2,2H3. The second-order valence-electron chi connectivity index (χ2n) is 5.15. The molecule has 114 valence electrons. The van der Waals surface area contributed by atoms with Crippen LogP contribution in [0.25, 0.3) is 17.1 Å². The molecular formula is C16H15FN2O3. The molecule has 3 rings (SSSR count). The van der Waals surface area contributed by atoms with E-state index in [1.54, 1.807) is 11.5 Å². The Morgan fingerprint density at radius 3 is 2.91 bits per heavy atom. The van der Waals surface area contributed by atoms with Crippen molar-refractivity contribution >= 4 is 23.1 Å². The van der Waals surface area contributed by atoms with E-state index in [-0.39, 0.29) is 29.3 Å². The fourth-order valence-corrected chi connectivity index (χ4v) is 2.50. The number of rotatable bonds is 4. The van der Waals surface area contributed by atoms with Crippen LogP contribution in [0.3, 0.4) is 0 Å². The average molecular weight is 302 g/mol. The number of carbonyl (C=O) groups excluding carboxylic acids is 1. The van der Waals surface area contributed by atoms with Gasteiger partial charge in [-0.15, -0.1) is 0 Å². The second kappa shape index (κ2) is 5.36. The quantitative estimate of drug-likeness (QED) is 0.815. The summed E-state index contributed by atoms with van der Waals surface area (Å²) in [7, 11) is 0. The molecule has 0 saturated heterocycles. The summed E-state index contributed by atoms with van der Waals surface area (Å²) in [6.45, 7) is 5.45. The van der Waals surface area contributed by atoms with Crippen LogP contribution < -0.4 is 5.43 Å². The number of pyridine rings is 2. The Balaban J connectivity index is 2.38. The summed E-state index contributed by atoms with van der Waals surface area (Å²) in [4.78, 5) is 28.4. The Morgan fingerprint density at radius 2 is 2.32 bits per heavy atom. The number of carbonyl (C=O) groups is 1. The van der Waals surface area contributed by atoms with E-state index in [2.05, 4.69) is 11.6 Å². The number of esters is 1.